The van der Waals surface area contributed by atoms with Crippen molar-refractivity contribution in [3.63, 3.8) is 0 Å². The van der Waals surface area contributed by atoms with Crippen LogP contribution in [0.1, 0.15) is 46.1 Å². The monoisotopic (exact) mass is 541 g/mol. The number of carbonyl (C=O) groups is 2. The largest absolute Gasteiger partial charge is 0.350 e. The highest BCUT2D eigenvalue weighted by Crippen LogP contribution is 2.31. The van der Waals surface area contributed by atoms with E-state index >= 15 is 0 Å². The van der Waals surface area contributed by atoms with Gasteiger partial charge in [0.25, 0.3) is 0 Å². The van der Waals surface area contributed by atoms with E-state index in [-0.39, 0.29) is 48.5 Å². The molecule has 0 aliphatic heterocycles. The van der Waals surface area contributed by atoms with Gasteiger partial charge in [-0.25, -0.2) is 8.42 Å². The molecule has 0 unspecified atom stereocenters. The van der Waals surface area contributed by atoms with Crippen molar-refractivity contribution in [1.82, 2.24) is 10.2 Å². The van der Waals surface area contributed by atoms with Crippen molar-refractivity contribution in [1.29, 1.82) is 0 Å². The first-order valence-electron chi connectivity index (χ1n) is 11.3. The molecule has 1 atom stereocenters. The molecule has 0 aliphatic carbocycles. The SMILES string of the molecule is C[C@H](C(=O)NC(C)(C)C)N(Cc1ccccc1)C(=O)CCCN(c1cc(Cl)ccc1Cl)S(C)(=O)=O. The highest BCUT2D eigenvalue weighted by Gasteiger charge is 2.29. The van der Waals surface area contributed by atoms with Gasteiger partial charge in [0.2, 0.25) is 21.8 Å². The van der Waals surface area contributed by atoms with Crippen molar-refractivity contribution in [3.8, 4) is 0 Å². The van der Waals surface area contributed by atoms with Gasteiger partial charge in [0.1, 0.15) is 6.04 Å². The van der Waals surface area contributed by atoms with Crippen LogP contribution in [0, 0.1) is 0 Å². The van der Waals surface area contributed by atoms with Crippen molar-refractivity contribution in [2.24, 2.45) is 0 Å². The molecule has 10 heteroatoms. The highest BCUT2D eigenvalue weighted by molar-refractivity contribution is 7.92. The molecule has 35 heavy (non-hydrogen) atoms. The van der Waals surface area contributed by atoms with Crippen LogP contribution in [0.25, 0.3) is 0 Å². The molecule has 2 aromatic carbocycles. The summed E-state index contributed by atoms with van der Waals surface area (Å²) in [6.07, 6.45) is 1.35. The highest BCUT2D eigenvalue weighted by atomic mass is 35.5. The third-order valence-corrected chi connectivity index (χ3v) is 6.92. The summed E-state index contributed by atoms with van der Waals surface area (Å²) in [5.41, 5.74) is 0.701. The zero-order chi connectivity index (χ0) is 26.4. The Balaban J connectivity index is 2.20. The third kappa shape index (κ3) is 9.02. The minimum absolute atomic E-state index is 0.0341. The molecule has 1 N–H and O–H groups in total. The molecule has 2 aromatic rings. The Kier molecular flexibility index (Phi) is 10.0. The number of benzene rings is 2. The molecule has 0 heterocycles. The van der Waals surface area contributed by atoms with Gasteiger partial charge in [0, 0.05) is 30.1 Å². The summed E-state index contributed by atoms with van der Waals surface area (Å²) in [5, 5.41) is 3.51. The lowest BCUT2D eigenvalue weighted by Crippen LogP contribution is -2.52. The molecule has 0 saturated heterocycles. The van der Waals surface area contributed by atoms with E-state index in [2.05, 4.69) is 5.32 Å². The van der Waals surface area contributed by atoms with Crippen LogP contribution >= 0.6 is 23.2 Å². The second kappa shape index (κ2) is 12.1. The topological polar surface area (TPSA) is 86.8 Å². The van der Waals surface area contributed by atoms with Crippen LogP contribution in [0.4, 0.5) is 5.69 Å². The Morgan fingerprint density at radius 1 is 1.06 bits per heavy atom. The number of hydrogen-bond donors (Lipinski definition) is 1. The number of sulfonamides is 1. The van der Waals surface area contributed by atoms with E-state index < -0.39 is 21.6 Å². The number of amides is 2. The quantitative estimate of drug-likeness (QED) is 0.464. The fraction of sp³-hybridized carbons (Fsp3) is 0.440. The first-order valence-corrected chi connectivity index (χ1v) is 13.9. The van der Waals surface area contributed by atoms with Gasteiger partial charge < -0.3 is 10.2 Å². The molecule has 0 aliphatic rings. The maximum atomic E-state index is 13.3. The van der Waals surface area contributed by atoms with Crippen LogP contribution in [0.15, 0.2) is 48.5 Å². The molecule has 0 bridgehead atoms. The first kappa shape index (κ1) is 28.9. The van der Waals surface area contributed by atoms with E-state index in [4.69, 9.17) is 23.2 Å². The predicted molar refractivity (Wildman–Crippen MR) is 142 cm³/mol. The summed E-state index contributed by atoms with van der Waals surface area (Å²) in [7, 11) is -3.67. The van der Waals surface area contributed by atoms with Crippen LogP contribution in [0.3, 0.4) is 0 Å². The van der Waals surface area contributed by atoms with Crippen molar-refractivity contribution in [2.45, 2.75) is 58.7 Å². The zero-order valence-corrected chi connectivity index (χ0v) is 23.0. The summed E-state index contributed by atoms with van der Waals surface area (Å²) in [6, 6.07) is 13.3. The standard InChI is InChI=1S/C25H33Cl2N3O4S/c1-18(24(32)28-25(2,3)4)29(17-19-10-7-6-8-11-19)23(31)12-9-15-30(35(5,33)34)22-16-20(26)13-14-21(22)27/h6-8,10-11,13-14,16,18H,9,12,15,17H2,1-5H3,(H,28,32)/t18-/m1/s1. The number of halogens is 2. The van der Waals surface area contributed by atoms with Crippen molar-refractivity contribution in [2.75, 3.05) is 17.1 Å². The Bertz CT molecular complexity index is 1140. The van der Waals surface area contributed by atoms with Crippen LogP contribution in [-0.2, 0) is 26.2 Å². The van der Waals surface area contributed by atoms with Gasteiger partial charge >= 0.3 is 0 Å². The van der Waals surface area contributed by atoms with Gasteiger partial charge in [-0.3, -0.25) is 13.9 Å². The Morgan fingerprint density at radius 3 is 2.26 bits per heavy atom. The summed E-state index contributed by atoms with van der Waals surface area (Å²) < 4.78 is 26.0. The second-order valence-electron chi connectivity index (χ2n) is 9.46. The van der Waals surface area contributed by atoms with Crippen LogP contribution in [0.2, 0.25) is 10.0 Å². The lowest BCUT2D eigenvalue weighted by Gasteiger charge is -2.32. The summed E-state index contributed by atoms with van der Waals surface area (Å²) in [5.74, 6) is -0.513. The third-order valence-electron chi connectivity index (χ3n) is 5.19. The average molecular weight is 543 g/mol. The Morgan fingerprint density at radius 2 is 1.69 bits per heavy atom. The van der Waals surface area contributed by atoms with E-state index in [1.807, 2.05) is 51.1 Å². The molecule has 192 valence electrons. The summed E-state index contributed by atoms with van der Waals surface area (Å²) >= 11 is 12.3. The molecule has 0 fully saturated rings. The lowest BCUT2D eigenvalue weighted by atomic mass is 10.1. The van der Waals surface area contributed by atoms with Crippen LogP contribution in [0.5, 0.6) is 0 Å². The molecule has 0 radical (unpaired) electrons. The smallest absolute Gasteiger partial charge is 0.242 e. The van der Waals surface area contributed by atoms with Gasteiger partial charge in [-0.1, -0.05) is 53.5 Å². The van der Waals surface area contributed by atoms with E-state index in [9.17, 15) is 18.0 Å². The fourth-order valence-electron chi connectivity index (χ4n) is 3.50. The Labute approximate surface area is 218 Å². The van der Waals surface area contributed by atoms with Gasteiger partial charge in [0.05, 0.1) is 17.0 Å². The molecule has 7 nitrogen and oxygen atoms in total. The zero-order valence-electron chi connectivity index (χ0n) is 20.7. The average Bonchev–Trinajstić information content (AvgIpc) is 2.75. The van der Waals surface area contributed by atoms with Crippen molar-refractivity contribution >= 4 is 50.7 Å². The molecular formula is C25H33Cl2N3O4S. The van der Waals surface area contributed by atoms with E-state index in [0.717, 1.165) is 16.1 Å². The Hall–Kier alpha value is -2.29. The van der Waals surface area contributed by atoms with Gasteiger partial charge in [-0.05, 0) is 57.9 Å². The minimum atomic E-state index is -3.67. The molecule has 0 aromatic heterocycles. The first-order chi connectivity index (χ1) is 16.2. The normalized spacial score (nSPS) is 12.7. The molecular weight excluding hydrogens is 509 g/mol. The molecule has 0 spiro atoms. The van der Waals surface area contributed by atoms with Crippen molar-refractivity contribution < 1.29 is 18.0 Å². The fourth-order valence-corrected chi connectivity index (χ4v) is 4.90. The summed E-state index contributed by atoms with van der Waals surface area (Å²) in [6.45, 7) is 7.61. The number of nitrogens with zero attached hydrogens (tertiary/aromatic N) is 2. The molecule has 2 rings (SSSR count). The van der Waals surface area contributed by atoms with Gasteiger partial charge in [-0.2, -0.15) is 0 Å². The number of anilines is 1. The number of nitrogens with one attached hydrogen (secondary N) is 1. The van der Waals surface area contributed by atoms with Crippen LogP contribution in [-0.4, -0.2) is 49.5 Å². The van der Waals surface area contributed by atoms with E-state index in [1.54, 1.807) is 13.0 Å². The number of hydrogen-bond acceptors (Lipinski definition) is 4. The predicted octanol–water partition coefficient (Wildman–Crippen LogP) is 4.87. The van der Waals surface area contributed by atoms with E-state index in [1.165, 1.54) is 17.0 Å². The number of carbonyl (C=O) groups excluding carboxylic acids is 2. The maximum absolute atomic E-state index is 13.3. The number of rotatable bonds is 10. The summed E-state index contributed by atoms with van der Waals surface area (Å²) in [4.78, 5) is 27.6. The molecule has 0 saturated carbocycles. The lowest BCUT2D eigenvalue weighted by molar-refractivity contribution is -0.141. The van der Waals surface area contributed by atoms with E-state index in [0.29, 0.717) is 5.02 Å². The van der Waals surface area contributed by atoms with Crippen molar-refractivity contribution in [3.05, 3.63) is 64.1 Å². The second-order valence-corrected chi connectivity index (χ2v) is 12.2. The van der Waals surface area contributed by atoms with Gasteiger partial charge in [0.15, 0.2) is 0 Å². The maximum Gasteiger partial charge on any atom is 0.242 e. The molecule has 2 amide bonds. The van der Waals surface area contributed by atoms with Gasteiger partial charge in [-0.15, -0.1) is 0 Å². The van der Waals surface area contributed by atoms with Crippen LogP contribution < -0.4 is 9.62 Å². The minimum Gasteiger partial charge on any atom is -0.350 e.